The van der Waals surface area contributed by atoms with Crippen LogP contribution in [0.25, 0.3) is 0 Å². The van der Waals surface area contributed by atoms with Gasteiger partial charge in [-0.2, -0.15) is 0 Å². The Labute approximate surface area is 98.9 Å². The van der Waals surface area contributed by atoms with E-state index in [9.17, 15) is 4.79 Å². The average molecular weight is 227 g/mol. The lowest BCUT2D eigenvalue weighted by molar-refractivity contribution is -0.143. The summed E-state index contributed by atoms with van der Waals surface area (Å²) in [5, 5.41) is 3.27. The van der Waals surface area contributed by atoms with Gasteiger partial charge in [0.05, 0.1) is 7.11 Å². The minimum absolute atomic E-state index is 0.117. The fraction of sp³-hybridized carbons (Fsp3) is 0.923. The van der Waals surface area contributed by atoms with Crippen LogP contribution >= 0.6 is 0 Å². The molecule has 0 aromatic heterocycles. The molecule has 94 valence electrons. The Morgan fingerprint density at radius 2 is 2.12 bits per heavy atom. The largest absolute Gasteiger partial charge is 0.468 e. The first-order chi connectivity index (χ1) is 7.77. The fourth-order valence-electron chi connectivity index (χ4n) is 2.50. The molecule has 0 saturated heterocycles. The zero-order valence-corrected chi connectivity index (χ0v) is 10.6. The molecule has 0 heterocycles. The lowest BCUT2D eigenvalue weighted by Crippen LogP contribution is -2.37. The van der Waals surface area contributed by atoms with Crippen LogP contribution in [0, 0.1) is 5.92 Å². The van der Waals surface area contributed by atoms with Gasteiger partial charge in [-0.15, -0.1) is 0 Å². The molecule has 1 N–H and O–H groups in total. The maximum Gasteiger partial charge on any atom is 0.322 e. The van der Waals surface area contributed by atoms with E-state index in [4.69, 9.17) is 4.74 Å². The molecule has 16 heavy (non-hydrogen) atoms. The standard InChI is InChI=1S/C13H25NO2/c1-3-12(13(15)16-2)14-10-6-9-11-7-4-5-8-11/h11-12,14H,3-10H2,1-2H3. The summed E-state index contributed by atoms with van der Waals surface area (Å²) in [6, 6.07) is -0.117. The van der Waals surface area contributed by atoms with Crippen LogP contribution in [-0.4, -0.2) is 25.7 Å². The molecule has 0 amide bonds. The highest BCUT2D eigenvalue weighted by Gasteiger charge is 2.17. The third-order valence-corrected chi connectivity index (χ3v) is 3.55. The van der Waals surface area contributed by atoms with Gasteiger partial charge < -0.3 is 10.1 Å². The zero-order valence-electron chi connectivity index (χ0n) is 10.6. The number of carbonyl (C=O) groups is 1. The van der Waals surface area contributed by atoms with Crippen LogP contribution in [0.2, 0.25) is 0 Å². The number of rotatable bonds is 7. The van der Waals surface area contributed by atoms with Gasteiger partial charge in [0.15, 0.2) is 0 Å². The predicted octanol–water partition coefficient (Wildman–Crippen LogP) is 2.50. The summed E-state index contributed by atoms with van der Waals surface area (Å²) < 4.78 is 4.73. The number of nitrogens with one attached hydrogen (secondary N) is 1. The Hall–Kier alpha value is -0.570. The van der Waals surface area contributed by atoms with Crippen LogP contribution in [0.15, 0.2) is 0 Å². The van der Waals surface area contributed by atoms with Gasteiger partial charge in [-0.25, -0.2) is 0 Å². The Morgan fingerprint density at radius 1 is 1.44 bits per heavy atom. The minimum atomic E-state index is -0.136. The number of hydrogen-bond acceptors (Lipinski definition) is 3. The van der Waals surface area contributed by atoms with E-state index in [0.717, 1.165) is 18.9 Å². The number of methoxy groups -OCH3 is 1. The van der Waals surface area contributed by atoms with E-state index in [1.807, 2.05) is 6.92 Å². The van der Waals surface area contributed by atoms with Gasteiger partial charge in [-0.1, -0.05) is 32.6 Å². The fourth-order valence-corrected chi connectivity index (χ4v) is 2.50. The van der Waals surface area contributed by atoms with Crippen molar-refractivity contribution in [1.29, 1.82) is 0 Å². The van der Waals surface area contributed by atoms with E-state index < -0.39 is 0 Å². The summed E-state index contributed by atoms with van der Waals surface area (Å²) in [6.45, 7) is 2.94. The SMILES string of the molecule is CCC(NCCCC1CCCC1)C(=O)OC. The zero-order chi connectivity index (χ0) is 11.8. The maximum absolute atomic E-state index is 11.3. The van der Waals surface area contributed by atoms with Gasteiger partial charge in [0.2, 0.25) is 0 Å². The van der Waals surface area contributed by atoms with Gasteiger partial charge >= 0.3 is 5.97 Å². The van der Waals surface area contributed by atoms with Crippen LogP contribution in [0.3, 0.4) is 0 Å². The van der Waals surface area contributed by atoms with Crippen LogP contribution < -0.4 is 5.32 Å². The predicted molar refractivity (Wildman–Crippen MR) is 65.3 cm³/mol. The first-order valence-corrected chi connectivity index (χ1v) is 6.59. The van der Waals surface area contributed by atoms with E-state index >= 15 is 0 Å². The molecule has 1 fully saturated rings. The molecule has 0 aromatic rings. The maximum atomic E-state index is 11.3. The second-order valence-corrected chi connectivity index (χ2v) is 4.73. The van der Waals surface area contributed by atoms with Crippen LogP contribution in [0.1, 0.15) is 51.9 Å². The van der Waals surface area contributed by atoms with Gasteiger partial charge in [-0.05, 0) is 31.7 Å². The molecule has 1 aliphatic carbocycles. The van der Waals surface area contributed by atoms with Crippen molar-refractivity contribution in [2.75, 3.05) is 13.7 Å². The molecule has 1 atom stereocenters. The van der Waals surface area contributed by atoms with Crippen molar-refractivity contribution in [3.8, 4) is 0 Å². The second kappa shape index (κ2) is 7.66. The van der Waals surface area contributed by atoms with Crippen molar-refractivity contribution in [2.45, 2.75) is 57.9 Å². The molecule has 0 aliphatic heterocycles. The van der Waals surface area contributed by atoms with Crippen LogP contribution in [0.5, 0.6) is 0 Å². The highest BCUT2D eigenvalue weighted by Crippen LogP contribution is 2.28. The quantitative estimate of drug-likeness (QED) is 0.536. The summed E-state index contributed by atoms with van der Waals surface area (Å²) in [7, 11) is 1.45. The normalized spacial score (nSPS) is 18.6. The van der Waals surface area contributed by atoms with Crippen molar-refractivity contribution in [1.82, 2.24) is 5.32 Å². The molecule has 0 bridgehead atoms. The van der Waals surface area contributed by atoms with Crippen molar-refractivity contribution >= 4 is 5.97 Å². The molecule has 1 aliphatic rings. The number of hydrogen-bond donors (Lipinski definition) is 1. The molecule has 0 spiro atoms. The summed E-state index contributed by atoms with van der Waals surface area (Å²) in [5.41, 5.74) is 0. The summed E-state index contributed by atoms with van der Waals surface area (Å²) in [4.78, 5) is 11.3. The molecule has 3 nitrogen and oxygen atoms in total. The average Bonchev–Trinajstić information content (AvgIpc) is 2.81. The highest BCUT2D eigenvalue weighted by atomic mass is 16.5. The van der Waals surface area contributed by atoms with Crippen molar-refractivity contribution in [2.24, 2.45) is 5.92 Å². The summed E-state index contributed by atoms with van der Waals surface area (Å²) >= 11 is 0. The minimum Gasteiger partial charge on any atom is -0.468 e. The third-order valence-electron chi connectivity index (χ3n) is 3.55. The molecule has 1 rings (SSSR count). The molecule has 0 radical (unpaired) electrons. The second-order valence-electron chi connectivity index (χ2n) is 4.73. The van der Waals surface area contributed by atoms with Crippen molar-refractivity contribution < 1.29 is 9.53 Å². The summed E-state index contributed by atoms with van der Waals surface area (Å²) in [5.74, 6) is 0.809. The lowest BCUT2D eigenvalue weighted by atomic mass is 10.0. The molecule has 1 saturated carbocycles. The van der Waals surface area contributed by atoms with Crippen molar-refractivity contribution in [3.05, 3.63) is 0 Å². The highest BCUT2D eigenvalue weighted by molar-refractivity contribution is 5.75. The Balaban J connectivity index is 2.06. The van der Waals surface area contributed by atoms with Gasteiger partial charge in [0, 0.05) is 0 Å². The van der Waals surface area contributed by atoms with E-state index in [1.165, 1.54) is 45.6 Å². The van der Waals surface area contributed by atoms with E-state index in [0.29, 0.717) is 0 Å². The lowest BCUT2D eigenvalue weighted by Gasteiger charge is -2.15. The molecule has 3 heteroatoms. The summed E-state index contributed by atoms with van der Waals surface area (Å²) in [6.07, 6.45) is 8.94. The molecule has 0 aromatic carbocycles. The Kier molecular flexibility index (Phi) is 6.46. The van der Waals surface area contributed by atoms with Gasteiger partial charge in [0.1, 0.15) is 6.04 Å². The van der Waals surface area contributed by atoms with E-state index in [1.54, 1.807) is 0 Å². The Morgan fingerprint density at radius 3 is 2.69 bits per heavy atom. The Bertz CT molecular complexity index is 200. The van der Waals surface area contributed by atoms with E-state index in [2.05, 4.69) is 5.32 Å². The number of carbonyl (C=O) groups excluding carboxylic acids is 1. The first-order valence-electron chi connectivity index (χ1n) is 6.59. The monoisotopic (exact) mass is 227 g/mol. The van der Waals surface area contributed by atoms with Crippen LogP contribution in [-0.2, 0) is 9.53 Å². The smallest absolute Gasteiger partial charge is 0.322 e. The first kappa shape index (κ1) is 13.5. The molecular formula is C13H25NO2. The third kappa shape index (κ3) is 4.52. The molecular weight excluding hydrogens is 202 g/mol. The number of esters is 1. The molecule has 1 unspecified atom stereocenters. The van der Waals surface area contributed by atoms with Gasteiger partial charge in [-0.3, -0.25) is 4.79 Å². The topological polar surface area (TPSA) is 38.3 Å². The van der Waals surface area contributed by atoms with Crippen LogP contribution in [0.4, 0.5) is 0 Å². The van der Waals surface area contributed by atoms with Crippen molar-refractivity contribution in [3.63, 3.8) is 0 Å². The number of ether oxygens (including phenoxy) is 1. The van der Waals surface area contributed by atoms with Gasteiger partial charge in [0.25, 0.3) is 0 Å². The van der Waals surface area contributed by atoms with E-state index in [-0.39, 0.29) is 12.0 Å².